The maximum atomic E-state index is 10.4. The first kappa shape index (κ1) is 21.8. The highest BCUT2D eigenvalue weighted by atomic mass is 32.1. The predicted octanol–water partition coefficient (Wildman–Crippen LogP) is 7.05. The fourth-order valence-electron chi connectivity index (χ4n) is 7.10. The topological polar surface area (TPSA) is 46.0 Å². The highest BCUT2D eigenvalue weighted by molar-refractivity contribution is 7.18. The Balaban J connectivity index is 1.36. The summed E-state index contributed by atoms with van der Waals surface area (Å²) in [7, 11) is 0. The molecule has 1 N–H and O–H groups in total. The number of rotatable bonds is 4. The van der Waals surface area contributed by atoms with Gasteiger partial charge < -0.3 is 5.11 Å². The first-order valence-corrected chi connectivity index (χ1v) is 13.6. The van der Waals surface area contributed by atoms with Crippen LogP contribution in [0.4, 0.5) is 0 Å². The molecule has 4 fully saturated rings. The molecular weight excluding hydrogens is 400 g/mol. The molecule has 2 heterocycles. The third kappa shape index (κ3) is 4.44. The first-order valence-electron chi connectivity index (χ1n) is 12.7. The monoisotopic (exact) mass is 440 g/mol. The van der Waals surface area contributed by atoms with Gasteiger partial charge in [0.25, 0.3) is 0 Å². The van der Waals surface area contributed by atoms with Crippen LogP contribution >= 0.6 is 11.3 Å². The SMILES string of the molecule is Cc1nc(CCC2C(C)[C@@H]3CC[C@H]2C[C@@H](O)C3)c2cc(C3CCC(C)(C)CC3)sc2n1. The van der Waals surface area contributed by atoms with E-state index in [-0.39, 0.29) is 6.10 Å². The highest BCUT2D eigenvalue weighted by Gasteiger charge is 2.41. The lowest BCUT2D eigenvalue weighted by Crippen LogP contribution is -2.30. The van der Waals surface area contributed by atoms with Crippen LogP contribution in [0.15, 0.2) is 6.07 Å². The minimum Gasteiger partial charge on any atom is -0.393 e. The number of hydrogen-bond acceptors (Lipinski definition) is 4. The molecule has 4 aliphatic carbocycles. The lowest BCUT2D eigenvalue weighted by Gasteiger charge is -2.38. The molecule has 2 aromatic heterocycles. The third-order valence-corrected chi connectivity index (χ3v) is 10.3. The molecule has 2 aromatic rings. The molecule has 5 atom stereocenters. The van der Waals surface area contributed by atoms with Crippen molar-refractivity contribution in [3.8, 4) is 0 Å². The summed E-state index contributed by atoms with van der Waals surface area (Å²) >= 11 is 1.93. The fourth-order valence-corrected chi connectivity index (χ4v) is 8.37. The number of aliphatic hydroxyl groups is 1. The quantitative estimate of drug-likeness (QED) is 0.554. The van der Waals surface area contributed by atoms with E-state index in [1.165, 1.54) is 65.7 Å². The Bertz CT molecular complexity index is 925. The number of hydrogen-bond donors (Lipinski definition) is 1. The molecule has 2 unspecified atom stereocenters. The minimum atomic E-state index is -0.0714. The summed E-state index contributed by atoms with van der Waals surface area (Å²) < 4.78 is 0. The highest BCUT2D eigenvalue weighted by Crippen LogP contribution is 2.49. The van der Waals surface area contributed by atoms with Gasteiger partial charge in [0.2, 0.25) is 0 Å². The van der Waals surface area contributed by atoms with Gasteiger partial charge in [-0.25, -0.2) is 9.97 Å². The summed E-state index contributed by atoms with van der Waals surface area (Å²) in [4.78, 5) is 12.5. The normalized spacial score (nSPS) is 33.6. The molecule has 2 bridgehead atoms. The van der Waals surface area contributed by atoms with Crippen molar-refractivity contribution in [3.05, 3.63) is 22.5 Å². The maximum Gasteiger partial charge on any atom is 0.127 e. The number of thiophene rings is 1. The van der Waals surface area contributed by atoms with E-state index in [9.17, 15) is 5.11 Å². The second kappa shape index (κ2) is 8.41. The average Bonchev–Trinajstić information content (AvgIpc) is 2.98. The Morgan fingerprint density at radius 1 is 1.06 bits per heavy atom. The van der Waals surface area contributed by atoms with Crippen molar-refractivity contribution in [1.29, 1.82) is 0 Å². The summed E-state index contributed by atoms with van der Waals surface area (Å²) in [6.45, 7) is 9.34. The van der Waals surface area contributed by atoms with Gasteiger partial charge in [0, 0.05) is 10.3 Å². The van der Waals surface area contributed by atoms with Crippen molar-refractivity contribution in [2.45, 2.75) is 104 Å². The van der Waals surface area contributed by atoms with E-state index >= 15 is 0 Å². The zero-order valence-corrected chi connectivity index (χ0v) is 20.7. The molecule has 0 radical (unpaired) electrons. The van der Waals surface area contributed by atoms with Gasteiger partial charge in [-0.2, -0.15) is 0 Å². The molecule has 3 nitrogen and oxygen atoms in total. The van der Waals surface area contributed by atoms with Gasteiger partial charge in [0.15, 0.2) is 0 Å². The van der Waals surface area contributed by atoms with Crippen molar-refractivity contribution in [1.82, 2.24) is 9.97 Å². The van der Waals surface area contributed by atoms with E-state index in [0.717, 1.165) is 36.9 Å². The van der Waals surface area contributed by atoms with Gasteiger partial charge >= 0.3 is 0 Å². The molecular formula is C27H40N2OS. The van der Waals surface area contributed by atoms with Gasteiger partial charge in [-0.15, -0.1) is 11.3 Å². The Labute approximate surface area is 192 Å². The fraction of sp³-hybridized carbons (Fsp3) is 0.778. The van der Waals surface area contributed by atoms with Gasteiger partial charge in [-0.1, -0.05) is 20.8 Å². The Morgan fingerprint density at radius 3 is 2.55 bits per heavy atom. The zero-order valence-electron chi connectivity index (χ0n) is 19.9. The number of aliphatic hydroxyl groups excluding tert-OH is 1. The lowest BCUT2D eigenvalue weighted by molar-refractivity contribution is 0.114. The number of fused-ring (bicyclic) bond motifs is 5. The minimum absolute atomic E-state index is 0.0714. The van der Waals surface area contributed by atoms with Crippen LogP contribution in [0.2, 0.25) is 0 Å². The Hall–Kier alpha value is -1.00. The molecule has 4 aliphatic rings. The molecule has 0 saturated heterocycles. The second-order valence-corrected chi connectivity index (χ2v) is 12.9. The largest absolute Gasteiger partial charge is 0.393 e. The van der Waals surface area contributed by atoms with Crippen LogP contribution in [0, 0.1) is 36.0 Å². The molecule has 0 aliphatic heterocycles. The van der Waals surface area contributed by atoms with Crippen LogP contribution < -0.4 is 0 Å². The van der Waals surface area contributed by atoms with Gasteiger partial charge in [0.05, 0.1) is 11.8 Å². The van der Waals surface area contributed by atoms with E-state index in [0.29, 0.717) is 23.2 Å². The van der Waals surface area contributed by atoms with E-state index < -0.39 is 0 Å². The Morgan fingerprint density at radius 2 is 1.77 bits per heavy atom. The van der Waals surface area contributed by atoms with Gasteiger partial charge in [0.1, 0.15) is 10.7 Å². The Kier molecular flexibility index (Phi) is 5.92. The molecule has 6 rings (SSSR count). The van der Waals surface area contributed by atoms with Crippen LogP contribution in [0.3, 0.4) is 0 Å². The molecule has 31 heavy (non-hydrogen) atoms. The summed E-state index contributed by atoms with van der Waals surface area (Å²) in [5.74, 6) is 4.52. The number of nitrogens with zero attached hydrogens (tertiary/aromatic N) is 2. The van der Waals surface area contributed by atoms with Crippen LogP contribution in [-0.2, 0) is 6.42 Å². The zero-order chi connectivity index (χ0) is 21.8. The summed E-state index contributed by atoms with van der Waals surface area (Å²) in [5.41, 5.74) is 1.78. The van der Waals surface area contributed by atoms with E-state index in [2.05, 4.69) is 33.8 Å². The maximum absolute atomic E-state index is 10.4. The number of aromatic nitrogens is 2. The molecule has 4 saturated carbocycles. The van der Waals surface area contributed by atoms with Gasteiger partial charge in [-0.3, -0.25) is 0 Å². The number of aryl methyl sites for hydroxylation is 2. The van der Waals surface area contributed by atoms with Crippen LogP contribution in [0.25, 0.3) is 10.2 Å². The first-order chi connectivity index (χ1) is 14.8. The summed E-state index contributed by atoms with van der Waals surface area (Å²) in [6, 6.07) is 2.45. The third-order valence-electron chi connectivity index (χ3n) is 9.14. The van der Waals surface area contributed by atoms with Crippen molar-refractivity contribution in [2.24, 2.45) is 29.1 Å². The standard InChI is InChI=1S/C27H40N2OS/c1-16-19-5-6-20(14-21(30)13-19)22(16)7-8-24-23-15-25(31-26(23)29-17(2)28-24)18-9-11-27(3,4)12-10-18/h15-16,18-22,30H,5-14H2,1-4H3/t16?,19-,20+,21+,22?/m1/s1. The molecule has 4 heteroatoms. The summed E-state index contributed by atoms with van der Waals surface area (Å²) in [5, 5.41) is 11.7. The van der Waals surface area contributed by atoms with Crippen molar-refractivity contribution >= 4 is 21.6 Å². The molecule has 170 valence electrons. The van der Waals surface area contributed by atoms with Crippen molar-refractivity contribution in [2.75, 3.05) is 0 Å². The summed E-state index contributed by atoms with van der Waals surface area (Å²) in [6.07, 6.45) is 12.2. The van der Waals surface area contributed by atoms with Gasteiger partial charge in [-0.05, 0) is 112 Å². The molecule has 0 aromatic carbocycles. The van der Waals surface area contributed by atoms with Crippen molar-refractivity contribution in [3.63, 3.8) is 0 Å². The van der Waals surface area contributed by atoms with Crippen LogP contribution in [0.1, 0.15) is 101 Å². The lowest BCUT2D eigenvalue weighted by atomic mass is 9.67. The smallest absolute Gasteiger partial charge is 0.127 e. The van der Waals surface area contributed by atoms with E-state index in [4.69, 9.17) is 9.97 Å². The second-order valence-electron chi connectivity index (χ2n) is 11.8. The van der Waals surface area contributed by atoms with E-state index in [1.807, 2.05) is 11.3 Å². The predicted molar refractivity (Wildman–Crippen MR) is 130 cm³/mol. The average molecular weight is 441 g/mol. The van der Waals surface area contributed by atoms with Crippen LogP contribution in [-0.4, -0.2) is 21.2 Å². The van der Waals surface area contributed by atoms with E-state index in [1.54, 1.807) is 0 Å². The van der Waals surface area contributed by atoms with Crippen molar-refractivity contribution < 1.29 is 5.11 Å². The molecule has 0 spiro atoms. The molecule has 0 amide bonds. The van der Waals surface area contributed by atoms with Crippen LogP contribution in [0.5, 0.6) is 0 Å².